The number of hydrogen-bond acceptors (Lipinski definition) is 33. The van der Waals surface area contributed by atoms with Gasteiger partial charge in [-0.2, -0.15) is 0 Å². The standard InChI is InChI=1S/3C16H17N4O11PS.3Na/c3*1-29-18-9(8-3-2-4-30-8)12(21)17-10-13(22)20-11(15(23)24)7(6-33-14(10)20)5-31-16(25)19-32(26,27)28;;;/h3*2-4,10,14H,5-6H2,1H3,(H,17,21)(H,23,24)(H3,19,25,26,27,28);;;/q;;;3*+1/p-3/b3*18-9-;;;/t3*10-,14-;;;/m111.../s1. The van der Waals surface area contributed by atoms with Crippen LogP contribution in [0.25, 0.3) is 0 Å². The number of hydrogen-bond donors (Lipinski definition) is 12. The largest absolute Gasteiger partial charge is 1.00 e. The maximum atomic E-state index is 12.6. The van der Waals surface area contributed by atoms with Crippen molar-refractivity contribution in [1.82, 2.24) is 45.9 Å². The van der Waals surface area contributed by atoms with Crippen molar-refractivity contribution >= 4 is 147 Å². The van der Waals surface area contributed by atoms with Gasteiger partial charge in [0.2, 0.25) is 17.1 Å². The van der Waals surface area contributed by atoms with Crippen molar-refractivity contribution in [3.63, 3.8) is 0 Å². The number of nitrogens with one attached hydrogen (secondary N) is 6. The number of oxime groups is 3. The van der Waals surface area contributed by atoms with Crippen molar-refractivity contribution in [2.24, 2.45) is 15.5 Å². The molecule has 0 unspecified atom stereocenters. The molecule has 0 radical (unpaired) electrons. The number of ether oxygens (including phenoxy) is 3. The van der Waals surface area contributed by atoms with E-state index in [1.54, 1.807) is 0 Å². The molecule has 6 atom stereocenters. The Labute approximate surface area is 648 Å². The van der Waals surface area contributed by atoms with Crippen molar-refractivity contribution in [1.29, 1.82) is 0 Å². The monoisotopic (exact) mass is 1580 g/mol. The Balaban J connectivity index is 0.000000320. The van der Waals surface area contributed by atoms with Crippen LogP contribution in [0.4, 0.5) is 14.4 Å². The second-order valence-electron chi connectivity index (χ2n) is 19.3. The molecule has 3 aromatic rings. The fourth-order valence-electron chi connectivity index (χ4n) is 9.00. The molecule has 9 rings (SSSR count). The van der Waals surface area contributed by atoms with E-state index in [1.807, 2.05) is 0 Å². The predicted molar refractivity (Wildman–Crippen MR) is 318 cm³/mol. The number of furan rings is 3. The van der Waals surface area contributed by atoms with Gasteiger partial charge in [0.1, 0.15) is 75.4 Å². The third-order valence-electron chi connectivity index (χ3n) is 12.9. The number of aliphatic carboxylic acids is 3. The van der Waals surface area contributed by atoms with Crippen LogP contribution >= 0.6 is 58.5 Å². The fraction of sp³-hybridized carbons (Fsp3) is 0.312. The molecular formula is C48H48N12Na3O33P3S3. The first-order chi connectivity index (χ1) is 46.6. The number of nitrogens with zero attached hydrogens (tertiary/aromatic N) is 6. The van der Waals surface area contributed by atoms with E-state index in [4.69, 9.17) is 42.6 Å². The zero-order chi connectivity index (χ0) is 73.0. The second-order valence-corrected chi connectivity index (χ2v) is 26.5. The molecule has 0 aromatic carbocycles. The summed E-state index contributed by atoms with van der Waals surface area (Å²) >= 11 is 3.20. The first kappa shape index (κ1) is 87.4. The van der Waals surface area contributed by atoms with E-state index >= 15 is 0 Å². The van der Waals surface area contributed by atoms with Gasteiger partial charge >= 0.3 is 130 Å². The van der Waals surface area contributed by atoms with E-state index in [0.717, 1.165) is 50.0 Å². The minimum Gasteiger partial charge on any atom is -0.543 e. The van der Waals surface area contributed by atoms with Crippen LogP contribution in [-0.2, 0) is 85.6 Å². The number of thioether (sulfide) groups is 3. The van der Waals surface area contributed by atoms with Crippen molar-refractivity contribution in [3.05, 3.63) is 106 Å². The molecule has 0 spiro atoms. The number of carbonyl (C=O) groups is 12. The minimum atomic E-state index is -4.90. The maximum absolute atomic E-state index is 12.6. The van der Waals surface area contributed by atoms with Gasteiger partial charge in [-0.15, -0.1) is 35.3 Å². The van der Waals surface area contributed by atoms with Crippen molar-refractivity contribution in [2.45, 2.75) is 34.2 Å². The van der Waals surface area contributed by atoms with Gasteiger partial charge in [0.15, 0.2) is 17.3 Å². The van der Waals surface area contributed by atoms with E-state index < -0.39 is 166 Å². The summed E-state index contributed by atoms with van der Waals surface area (Å²) in [5.74, 6) is -9.77. The van der Waals surface area contributed by atoms with Gasteiger partial charge in [-0.3, -0.25) is 43.5 Å². The Morgan fingerprint density at radius 2 is 0.706 bits per heavy atom. The molecule has 9 heterocycles. The van der Waals surface area contributed by atoms with Crippen LogP contribution in [0, 0.1) is 0 Å². The number of β-lactam (4-membered cyclic amide) rings is 3. The molecule has 0 bridgehead atoms. The number of amides is 9. The van der Waals surface area contributed by atoms with E-state index in [9.17, 15) is 86.5 Å². The van der Waals surface area contributed by atoms with Crippen LogP contribution in [0.1, 0.15) is 17.3 Å². The summed E-state index contributed by atoms with van der Waals surface area (Å²) in [6, 6.07) is 5.59. The molecule has 534 valence electrons. The Morgan fingerprint density at radius 1 is 0.471 bits per heavy atom. The smallest absolute Gasteiger partial charge is 0.543 e. The molecule has 6 aliphatic rings. The van der Waals surface area contributed by atoms with E-state index in [-0.39, 0.29) is 157 Å². The number of carboxylic acid groups (broad SMARTS) is 3. The van der Waals surface area contributed by atoms with E-state index in [0.29, 0.717) is 0 Å². The fourth-order valence-corrected chi connectivity index (χ4v) is 13.9. The SMILES string of the molecule is CO/N=C(\C(=O)N[C@@H]1C(=O)N2C(C(=O)[O-])=C(COC(=O)NP(=O)(O)O)CS[C@H]12)c1ccco1.CO/N=C(\C(=O)N[C@@H]1C(=O)N2C(C(=O)[O-])=C(COC(=O)NP(=O)(O)O)CS[C@H]12)c1ccco1.CO/N=C(\C(=O)N[C@@H]1C(=O)N2C(C(=O)[O-])=C(COC(=O)NP(=O)(O)O)CS[C@H]12)c1ccco1.[Na+].[Na+].[Na+]. The minimum absolute atomic E-state index is 0. The normalized spacial score (nSPS) is 19.9. The Morgan fingerprint density at radius 3 is 0.892 bits per heavy atom. The number of rotatable bonds is 24. The topological polar surface area (TPSA) is 660 Å². The molecule has 102 heavy (non-hydrogen) atoms. The van der Waals surface area contributed by atoms with Crippen LogP contribution in [0.15, 0.2) is 118 Å². The molecule has 54 heteroatoms. The third-order valence-corrected chi connectivity index (χ3v) is 18.3. The van der Waals surface area contributed by atoms with Gasteiger partial charge in [-0.05, 0) is 36.4 Å². The zero-order valence-electron chi connectivity index (χ0n) is 52.9. The zero-order valence-corrected chi connectivity index (χ0v) is 64.0. The Hall–Kier alpha value is -6.99. The summed E-state index contributed by atoms with van der Waals surface area (Å²) < 4.78 is 61.5. The number of carboxylic acids is 3. The molecule has 6 aliphatic heterocycles. The number of carbonyl (C=O) groups excluding carboxylic acids is 12. The first-order valence-electron chi connectivity index (χ1n) is 26.6. The second kappa shape index (κ2) is 38.1. The molecule has 3 saturated heterocycles. The summed E-state index contributed by atoms with van der Waals surface area (Å²) in [5, 5.41) is 54.5. The Bertz CT molecular complexity index is 3660. The summed E-state index contributed by atoms with van der Waals surface area (Å²) in [5.41, 5.74) is -2.51. The van der Waals surface area contributed by atoms with Gasteiger partial charge in [-0.25, -0.2) is 43.3 Å². The van der Waals surface area contributed by atoms with E-state index in [2.05, 4.69) is 60.1 Å². The molecule has 0 saturated carbocycles. The van der Waals surface area contributed by atoms with E-state index in [1.165, 1.54) is 91.8 Å². The first-order valence-corrected chi connectivity index (χ1v) is 34.6. The Kier molecular flexibility index (Phi) is 32.7. The molecular weight excluding hydrogens is 1530 g/mol. The summed E-state index contributed by atoms with van der Waals surface area (Å²) in [6.45, 7) is -2.00. The van der Waals surface area contributed by atoms with Crippen LogP contribution in [0.3, 0.4) is 0 Å². The van der Waals surface area contributed by atoms with Crippen molar-refractivity contribution < 1.29 is 247 Å². The quantitative estimate of drug-likeness (QED) is 0.00989. The molecule has 45 nitrogen and oxygen atoms in total. The summed E-state index contributed by atoms with van der Waals surface area (Å²) in [4.78, 5) is 214. The van der Waals surface area contributed by atoms with Gasteiger partial charge in [0.05, 0.1) is 53.8 Å². The number of fused-ring (bicyclic) bond motifs is 3. The van der Waals surface area contributed by atoms with Crippen LogP contribution < -0.4 is 135 Å². The van der Waals surface area contributed by atoms with Crippen LogP contribution in [0.2, 0.25) is 0 Å². The average Bonchev–Trinajstić information content (AvgIpc) is 0.789. The molecule has 0 aliphatic carbocycles. The summed E-state index contributed by atoms with van der Waals surface area (Å²) in [6.07, 6.45) is -0.527. The van der Waals surface area contributed by atoms with Gasteiger partial charge in [-0.1, -0.05) is 15.5 Å². The molecule has 3 aromatic heterocycles. The molecule has 9 amide bonds. The van der Waals surface area contributed by atoms with Gasteiger partial charge in [0.25, 0.3) is 35.4 Å². The van der Waals surface area contributed by atoms with Gasteiger partial charge < -0.3 is 117 Å². The maximum Gasteiger partial charge on any atom is 1.00 e. The van der Waals surface area contributed by atoms with Gasteiger partial charge in [0, 0.05) is 34.0 Å². The van der Waals surface area contributed by atoms with Crippen molar-refractivity contribution in [3.8, 4) is 0 Å². The molecule has 3 fully saturated rings. The van der Waals surface area contributed by atoms with Crippen molar-refractivity contribution in [2.75, 3.05) is 58.4 Å². The third kappa shape index (κ3) is 22.3. The average molecular weight is 1580 g/mol. The van der Waals surface area contributed by atoms with Crippen LogP contribution in [0.5, 0.6) is 0 Å². The van der Waals surface area contributed by atoms with Crippen LogP contribution in [-0.4, -0.2) is 225 Å². The predicted octanol–water partition coefficient (Wildman–Crippen LogP) is -15.4. The summed E-state index contributed by atoms with van der Waals surface area (Å²) in [7, 11) is -11.1. The molecule has 12 N–H and O–H groups in total.